The fraction of sp³-hybridized carbons (Fsp3) is 0.316. The number of nitrogens with one attached hydrogen (secondary N) is 1. The molecular weight excluding hydrogens is 329 g/mol. The topological polar surface area (TPSA) is 45.0 Å². The van der Waals surface area contributed by atoms with Crippen molar-refractivity contribution in [3.05, 3.63) is 64.7 Å². The van der Waals surface area contributed by atoms with E-state index in [2.05, 4.69) is 5.32 Å². The normalized spacial score (nSPS) is 11.4. The molecule has 0 amide bonds. The van der Waals surface area contributed by atoms with E-state index in [-0.39, 0.29) is 11.7 Å². The van der Waals surface area contributed by atoms with Crippen molar-refractivity contribution in [1.29, 1.82) is 5.26 Å². The Bertz CT molecular complexity index is 747. The molecule has 0 atom stereocenters. The first-order valence-electron chi connectivity index (χ1n) is 7.84. The van der Waals surface area contributed by atoms with Crippen LogP contribution in [0, 0.1) is 11.3 Å². The summed E-state index contributed by atoms with van der Waals surface area (Å²) in [6.45, 7) is 4.83. The third kappa shape index (κ3) is 5.50. The monoisotopic (exact) mass is 348 g/mol. The van der Waals surface area contributed by atoms with Gasteiger partial charge in [0.25, 0.3) is 0 Å². The molecule has 0 unspecified atom stereocenters. The van der Waals surface area contributed by atoms with E-state index in [4.69, 9.17) is 10.00 Å². The van der Waals surface area contributed by atoms with Gasteiger partial charge < -0.3 is 10.1 Å². The lowest BCUT2D eigenvalue weighted by molar-refractivity contribution is -0.137. The van der Waals surface area contributed by atoms with Crippen LogP contribution in [0.4, 0.5) is 18.9 Å². The maximum atomic E-state index is 13.0. The van der Waals surface area contributed by atoms with Crippen molar-refractivity contribution in [1.82, 2.24) is 0 Å². The minimum atomic E-state index is -4.55. The Morgan fingerprint density at radius 3 is 2.28 bits per heavy atom. The van der Waals surface area contributed by atoms with Gasteiger partial charge in [0, 0.05) is 12.2 Å². The van der Waals surface area contributed by atoms with Gasteiger partial charge >= 0.3 is 6.18 Å². The summed E-state index contributed by atoms with van der Waals surface area (Å²) in [7, 11) is 0. The lowest BCUT2D eigenvalue weighted by Gasteiger charge is -2.13. The number of ether oxygens (including phenoxy) is 1. The molecule has 2 aromatic carbocycles. The molecule has 3 nitrogen and oxygen atoms in total. The van der Waals surface area contributed by atoms with Gasteiger partial charge in [-0.25, -0.2) is 0 Å². The highest BCUT2D eigenvalue weighted by molar-refractivity contribution is 5.53. The molecule has 0 fully saturated rings. The molecule has 0 spiro atoms. The van der Waals surface area contributed by atoms with Gasteiger partial charge in [0.2, 0.25) is 0 Å². The van der Waals surface area contributed by atoms with E-state index in [0.717, 1.165) is 17.2 Å². The molecule has 0 bridgehead atoms. The highest BCUT2D eigenvalue weighted by atomic mass is 19.4. The van der Waals surface area contributed by atoms with E-state index in [1.165, 1.54) is 12.1 Å². The Morgan fingerprint density at radius 1 is 1.08 bits per heavy atom. The van der Waals surface area contributed by atoms with Gasteiger partial charge in [-0.2, -0.15) is 18.4 Å². The minimum absolute atomic E-state index is 0.153. The number of nitrogens with zero attached hydrogens (tertiary/aromatic N) is 1. The Hall–Kier alpha value is -2.52. The highest BCUT2D eigenvalue weighted by Crippen LogP contribution is 2.33. The fourth-order valence-electron chi connectivity index (χ4n) is 2.21. The van der Waals surface area contributed by atoms with Crippen molar-refractivity contribution < 1.29 is 17.9 Å². The molecular formula is C19H19F3N2O. The van der Waals surface area contributed by atoms with E-state index in [9.17, 15) is 13.2 Å². The zero-order valence-corrected chi connectivity index (χ0v) is 14.0. The van der Waals surface area contributed by atoms with Gasteiger partial charge in [-0.1, -0.05) is 24.3 Å². The van der Waals surface area contributed by atoms with Crippen LogP contribution in [0.1, 0.15) is 36.1 Å². The van der Waals surface area contributed by atoms with Crippen LogP contribution in [0.2, 0.25) is 0 Å². The predicted molar refractivity (Wildman–Crippen MR) is 89.9 cm³/mol. The quantitative estimate of drug-likeness (QED) is 0.788. The number of alkyl halides is 3. The average Bonchev–Trinajstić information content (AvgIpc) is 2.58. The molecule has 0 radical (unpaired) electrons. The summed E-state index contributed by atoms with van der Waals surface area (Å²) in [6, 6.07) is 12.8. The number of nitriles is 1. The largest absolute Gasteiger partial charge is 0.417 e. The third-order valence-electron chi connectivity index (χ3n) is 3.55. The maximum absolute atomic E-state index is 13.0. The van der Waals surface area contributed by atoms with Gasteiger partial charge in [0.15, 0.2) is 0 Å². The van der Waals surface area contributed by atoms with E-state index in [0.29, 0.717) is 18.8 Å². The van der Waals surface area contributed by atoms with Crippen LogP contribution in [0.15, 0.2) is 42.5 Å². The number of anilines is 1. The summed E-state index contributed by atoms with van der Waals surface area (Å²) in [5.74, 6) is 0. The van der Waals surface area contributed by atoms with Gasteiger partial charge in [-0.15, -0.1) is 0 Å². The second kappa shape index (κ2) is 8.04. The van der Waals surface area contributed by atoms with Crippen molar-refractivity contribution in [2.75, 3.05) is 5.32 Å². The molecule has 6 heteroatoms. The van der Waals surface area contributed by atoms with Crippen LogP contribution >= 0.6 is 0 Å². The maximum Gasteiger partial charge on any atom is 0.417 e. The first-order valence-corrected chi connectivity index (χ1v) is 7.84. The molecule has 132 valence electrons. The fourth-order valence-corrected chi connectivity index (χ4v) is 2.21. The Morgan fingerprint density at radius 2 is 1.72 bits per heavy atom. The van der Waals surface area contributed by atoms with Crippen LogP contribution in [-0.4, -0.2) is 6.10 Å². The van der Waals surface area contributed by atoms with Crippen molar-refractivity contribution in [2.24, 2.45) is 0 Å². The molecule has 0 saturated carbocycles. The van der Waals surface area contributed by atoms with Crippen molar-refractivity contribution in [3.63, 3.8) is 0 Å². The molecule has 0 heterocycles. The van der Waals surface area contributed by atoms with Gasteiger partial charge in [0.1, 0.15) is 0 Å². The van der Waals surface area contributed by atoms with E-state index in [1.54, 1.807) is 6.07 Å². The van der Waals surface area contributed by atoms with Gasteiger partial charge in [0.05, 0.1) is 29.9 Å². The number of halogens is 3. The van der Waals surface area contributed by atoms with Crippen LogP contribution in [0.5, 0.6) is 0 Å². The second-order valence-electron chi connectivity index (χ2n) is 5.90. The summed E-state index contributed by atoms with van der Waals surface area (Å²) in [6.07, 6.45) is -4.40. The number of benzene rings is 2. The molecule has 0 aromatic heterocycles. The van der Waals surface area contributed by atoms with Crippen molar-refractivity contribution in [2.45, 2.75) is 39.3 Å². The number of hydrogen-bond donors (Lipinski definition) is 1. The smallest absolute Gasteiger partial charge is 0.381 e. The molecule has 2 rings (SSSR count). The Labute approximate surface area is 145 Å². The zero-order chi connectivity index (χ0) is 18.4. The van der Waals surface area contributed by atoms with Gasteiger partial charge in [-0.3, -0.25) is 0 Å². The Kier molecular flexibility index (Phi) is 6.05. The van der Waals surface area contributed by atoms with Crippen LogP contribution in [0.3, 0.4) is 0 Å². The summed E-state index contributed by atoms with van der Waals surface area (Å²) < 4.78 is 44.4. The molecule has 25 heavy (non-hydrogen) atoms. The van der Waals surface area contributed by atoms with Crippen molar-refractivity contribution >= 4 is 5.69 Å². The van der Waals surface area contributed by atoms with Crippen LogP contribution in [-0.2, 0) is 24.1 Å². The van der Waals surface area contributed by atoms with E-state index >= 15 is 0 Å². The molecule has 0 aliphatic heterocycles. The lowest BCUT2D eigenvalue weighted by atomic mass is 10.1. The molecule has 0 saturated heterocycles. The molecule has 2 aromatic rings. The summed E-state index contributed by atoms with van der Waals surface area (Å²) in [5.41, 5.74) is 0.980. The van der Waals surface area contributed by atoms with Crippen LogP contribution < -0.4 is 5.32 Å². The Balaban J connectivity index is 2.03. The first-order chi connectivity index (χ1) is 11.8. The summed E-state index contributed by atoms with van der Waals surface area (Å²) in [4.78, 5) is 0. The molecule has 0 aliphatic carbocycles. The minimum Gasteiger partial charge on any atom is -0.381 e. The van der Waals surface area contributed by atoms with Gasteiger partial charge in [-0.05, 0) is 43.2 Å². The second-order valence-corrected chi connectivity index (χ2v) is 5.90. The molecule has 0 aliphatic rings. The average molecular weight is 348 g/mol. The summed E-state index contributed by atoms with van der Waals surface area (Å²) >= 11 is 0. The highest BCUT2D eigenvalue weighted by Gasteiger charge is 2.33. The van der Waals surface area contributed by atoms with E-state index < -0.39 is 11.7 Å². The molecule has 1 N–H and O–H groups in total. The van der Waals surface area contributed by atoms with E-state index in [1.807, 2.05) is 38.1 Å². The standard InChI is InChI=1S/C19H19F3N2O/c1-13(2)25-12-15-5-3-14(4-6-15)11-24-17-8-7-16(10-23)18(9-17)19(20,21)22/h3-9,13,24H,11-12H2,1-2H3. The predicted octanol–water partition coefficient (Wildman–Crippen LogP) is 5.11. The first kappa shape index (κ1) is 18.8. The zero-order valence-electron chi connectivity index (χ0n) is 14.0. The SMILES string of the molecule is CC(C)OCc1ccc(CNc2ccc(C#N)c(C(F)(F)F)c2)cc1. The summed E-state index contributed by atoms with van der Waals surface area (Å²) in [5, 5.41) is 11.8. The third-order valence-corrected chi connectivity index (χ3v) is 3.55. The number of rotatable bonds is 6. The van der Waals surface area contributed by atoms with Crippen LogP contribution in [0.25, 0.3) is 0 Å². The van der Waals surface area contributed by atoms with Crippen molar-refractivity contribution in [3.8, 4) is 6.07 Å². The lowest BCUT2D eigenvalue weighted by Crippen LogP contribution is -2.09. The number of hydrogen-bond acceptors (Lipinski definition) is 3.